The van der Waals surface area contributed by atoms with Crippen molar-refractivity contribution in [3.05, 3.63) is 90.0 Å². The predicted molar refractivity (Wildman–Crippen MR) is 148 cm³/mol. The van der Waals surface area contributed by atoms with Crippen LogP contribution in [0.15, 0.2) is 78.9 Å². The van der Waals surface area contributed by atoms with Crippen LogP contribution in [0.25, 0.3) is 0 Å². The third-order valence-electron chi connectivity index (χ3n) is 8.39. The Bertz CT molecular complexity index is 1270. The molecular formula is C30H27Br2NO3. The Morgan fingerprint density at radius 2 is 1.19 bits per heavy atom. The van der Waals surface area contributed by atoms with E-state index in [1.165, 1.54) is 16.0 Å². The summed E-state index contributed by atoms with van der Waals surface area (Å²) >= 11 is 7.49. The second-order valence-corrected chi connectivity index (χ2v) is 12.7. The smallest absolute Gasteiger partial charge is 0.238 e. The number of alkyl halides is 2. The molecule has 2 amide bonds. The fourth-order valence-corrected chi connectivity index (χ4v) is 8.24. The first-order valence-corrected chi connectivity index (χ1v) is 14.2. The topological polar surface area (TPSA) is 46.6 Å². The average molecular weight is 609 g/mol. The van der Waals surface area contributed by atoms with Crippen molar-refractivity contribution in [3.8, 4) is 11.5 Å². The van der Waals surface area contributed by atoms with Gasteiger partial charge in [-0.05, 0) is 65.8 Å². The molecule has 0 unspecified atom stereocenters. The quantitative estimate of drug-likeness (QED) is 0.229. The lowest BCUT2D eigenvalue weighted by atomic mass is 9.78. The summed E-state index contributed by atoms with van der Waals surface area (Å²) in [6.07, 6.45) is 0.931. The maximum atomic E-state index is 13.3. The SMILES string of the molecule is CC(C)(c1ccccc1)c1ccc(Oc2ccc(N3C(=O)[C@@H]4[C@H]5C[C@@H]([C@H](Br)[C@H]5Br)[C@@H]4C3=O)cc2)cc1. The highest BCUT2D eigenvalue weighted by atomic mass is 79.9. The van der Waals surface area contributed by atoms with Gasteiger partial charge in [-0.1, -0.05) is 88.2 Å². The van der Waals surface area contributed by atoms with Crippen LogP contribution in [-0.2, 0) is 15.0 Å². The molecule has 1 saturated heterocycles. The molecule has 3 aromatic rings. The summed E-state index contributed by atoms with van der Waals surface area (Å²) in [6.45, 7) is 4.43. The van der Waals surface area contributed by atoms with Crippen LogP contribution in [-0.4, -0.2) is 21.5 Å². The van der Waals surface area contributed by atoms with Crippen LogP contribution in [0.3, 0.4) is 0 Å². The zero-order valence-corrected chi connectivity index (χ0v) is 23.3. The highest BCUT2D eigenvalue weighted by Gasteiger charge is 2.66. The third kappa shape index (κ3) is 3.67. The van der Waals surface area contributed by atoms with Crippen molar-refractivity contribution in [2.45, 2.75) is 35.3 Å². The Kier molecular flexibility index (Phi) is 5.88. The van der Waals surface area contributed by atoms with Crippen LogP contribution < -0.4 is 9.64 Å². The van der Waals surface area contributed by atoms with Crippen molar-refractivity contribution < 1.29 is 14.3 Å². The van der Waals surface area contributed by atoms with E-state index in [1.54, 1.807) is 12.1 Å². The molecule has 0 aromatic heterocycles. The van der Waals surface area contributed by atoms with Gasteiger partial charge < -0.3 is 4.74 Å². The van der Waals surface area contributed by atoms with Gasteiger partial charge in [0.05, 0.1) is 17.5 Å². The molecule has 2 saturated carbocycles. The minimum absolute atomic E-state index is 0.0633. The summed E-state index contributed by atoms with van der Waals surface area (Å²) in [5, 5.41) is 0. The molecule has 1 heterocycles. The van der Waals surface area contributed by atoms with E-state index >= 15 is 0 Å². The van der Waals surface area contributed by atoms with E-state index in [1.807, 2.05) is 30.3 Å². The molecule has 6 atom stereocenters. The van der Waals surface area contributed by atoms with E-state index in [2.05, 4.69) is 82.1 Å². The van der Waals surface area contributed by atoms with Gasteiger partial charge in [-0.25, -0.2) is 0 Å². The van der Waals surface area contributed by atoms with Gasteiger partial charge in [0.25, 0.3) is 0 Å². The van der Waals surface area contributed by atoms with Gasteiger partial charge in [0.2, 0.25) is 11.8 Å². The Labute approximate surface area is 228 Å². The highest BCUT2D eigenvalue weighted by molar-refractivity contribution is 9.12. The summed E-state index contributed by atoms with van der Waals surface area (Å²) in [4.78, 5) is 28.4. The van der Waals surface area contributed by atoms with Crippen molar-refractivity contribution in [3.63, 3.8) is 0 Å². The number of fused-ring (bicyclic) bond motifs is 5. The lowest BCUT2D eigenvalue weighted by Gasteiger charge is -2.28. The first-order chi connectivity index (χ1) is 17.3. The molecule has 184 valence electrons. The number of hydrogen-bond donors (Lipinski definition) is 0. The lowest BCUT2D eigenvalue weighted by molar-refractivity contribution is -0.123. The highest BCUT2D eigenvalue weighted by Crippen LogP contribution is 2.60. The minimum Gasteiger partial charge on any atom is -0.457 e. The first-order valence-electron chi connectivity index (χ1n) is 12.4. The fourth-order valence-electron chi connectivity index (χ4n) is 6.36. The second kappa shape index (κ2) is 8.84. The molecule has 3 fully saturated rings. The summed E-state index contributed by atoms with van der Waals surface area (Å²) in [5.74, 6) is 1.27. The van der Waals surface area contributed by atoms with E-state index in [4.69, 9.17) is 4.74 Å². The standard InChI is InChI=1S/C30H27Br2NO3/c1-30(2,17-6-4-3-5-7-17)18-8-12-20(13-9-18)36-21-14-10-19(11-15-21)33-28(34)24-22-16-23(25(24)29(33)35)27(32)26(22)31/h3-15,22-27H,16H2,1-2H3/t22-,23-,24-,25+,26+,27+/m1/s1. The van der Waals surface area contributed by atoms with Crippen LogP contribution in [0.1, 0.15) is 31.4 Å². The summed E-state index contributed by atoms with van der Waals surface area (Å²) < 4.78 is 6.07. The molecule has 3 aliphatic rings. The Hall–Kier alpha value is -2.44. The fraction of sp³-hybridized carbons (Fsp3) is 0.333. The number of nitrogens with zero attached hydrogens (tertiary/aromatic N) is 1. The number of hydrogen-bond acceptors (Lipinski definition) is 3. The van der Waals surface area contributed by atoms with E-state index in [0.717, 1.165) is 12.2 Å². The maximum Gasteiger partial charge on any atom is 0.238 e. The number of ether oxygens (including phenoxy) is 1. The largest absolute Gasteiger partial charge is 0.457 e. The van der Waals surface area contributed by atoms with E-state index in [-0.39, 0.29) is 50.6 Å². The van der Waals surface area contributed by atoms with Crippen molar-refractivity contribution in [1.82, 2.24) is 0 Å². The van der Waals surface area contributed by atoms with Crippen LogP contribution in [0.5, 0.6) is 11.5 Å². The summed E-state index contributed by atoms with van der Waals surface area (Å²) in [7, 11) is 0. The number of carbonyl (C=O) groups is 2. The predicted octanol–water partition coefficient (Wildman–Crippen LogP) is 7.09. The van der Waals surface area contributed by atoms with E-state index in [9.17, 15) is 9.59 Å². The monoisotopic (exact) mass is 607 g/mol. The molecule has 0 spiro atoms. The number of rotatable bonds is 5. The molecule has 2 bridgehead atoms. The van der Waals surface area contributed by atoms with Crippen LogP contribution in [0.4, 0.5) is 5.69 Å². The van der Waals surface area contributed by atoms with Crippen LogP contribution in [0.2, 0.25) is 0 Å². The number of anilines is 1. The Balaban J connectivity index is 1.17. The summed E-state index contributed by atoms with van der Waals surface area (Å²) in [5.41, 5.74) is 2.97. The van der Waals surface area contributed by atoms with Crippen LogP contribution >= 0.6 is 31.9 Å². The van der Waals surface area contributed by atoms with E-state index in [0.29, 0.717) is 11.4 Å². The van der Waals surface area contributed by atoms with Gasteiger partial charge in [-0.15, -0.1) is 0 Å². The molecule has 4 nitrogen and oxygen atoms in total. The zero-order valence-electron chi connectivity index (χ0n) is 20.1. The van der Waals surface area contributed by atoms with Gasteiger partial charge in [-0.2, -0.15) is 0 Å². The Morgan fingerprint density at radius 3 is 1.72 bits per heavy atom. The zero-order chi connectivity index (χ0) is 25.2. The third-order valence-corrected chi connectivity index (χ3v) is 11.6. The minimum atomic E-state index is -0.213. The van der Waals surface area contributed by atoms with Crippen molar-refractivity contribution in [2.24, 2.45) is 23.7 Å². The van der Waals surface area contributed by atoms with Gasteiger partial charge in [0.1, 0.15) is 11.5 Å². The molecule has 6 rings (SSSR count). The Morgan fingerprint density at radius 1 is 0.722 bits per heavy atom. The van der Waals surface area contributed by atoms with Crippen molar-refractivity contribution in [1.29, 1.82) is 0 Å². The normalized spacial score (nSPS) is 29.1. The summed E-state index contributed by atoms with van der Waals surface area (Å²) in [6, 6.07) is 25.9. The number of imide groups is 1. The van der Waals surface area contributed by atoms with Gasteiger partial charge in [0.15, 0.2) is 0 Å². The first kappa shape index (κ1) is 23.9. The average Bonchev–Trinajstić information content (AvgIpc) is 3.50. The van der Waals surface area contributed by atoms with Crippen molar-refractivity contribution in [2.75, 3.05) is 4.90 Å². The molecule has 6 heteroatoms. The second-order valence-electron chi connectivity index (χ2n) is 10.6. The maximum absolute atomic E-state index is 13.3. The number of carbonyl (C=O) groups excluding carboxylic acids is 2. The molecule has 0 radical (unpaired) electrons. The van der Waals surface area contributed by atoms with Gasteiger partial charge >= 0.3 is 0 Å². The number of halogens is 2. The molecular weight excluding hydrogens is 582 g/mol. The molecule has 1 aliphatic heterocycles. The van der Waals surface area contributed by atoms with Crippen molar-refractivity contribution >= 4 is 49.4 Å². The van der Waals surface area contributed by atoms with Gasteiger partial charge in [-0.3, -0.25) is 14.5 Å². The molecule has 2 aliphatic carbocycles. The lowest BCUT2D eigenvalue weighted by Crippen LogP contribution is -2.37. The molecule has 3 aromatic carbocycles. The number of amides is 2. The van der Waals surface area contributed by atoms with Gasteiger partial charge in [0, 0.05) is 15.1 Å². The molecule has 0 N–H and O–H groups in total. The van der Waals surface area contributed by atoms with E-state index < -0.39 is 0 Å². The van der Waals surface area contributed by atoms with Crippen LogP contribution in [0, 0.1) is 23.7 Å². The number of benzene rings is 3. The molecule has 36 heavy (non-hydrogen) atoms.